The Morgan fingerprint density at radius 1 is 0.926 bits per heavy atom. The van der Waals surface area contributed by atoms with Crippen molar-refractivity contribution in [2.45, 2.75) is 13.8 Å². The molecule has 1 aliphatic heterocycles. The van der Waals surface area contributed by atoms with E-state index in [1.807, 2.05) is 50.2 Å². The van der Waals surface area contributed by atoms with E-state index in [2.05, 4.69) is 5.32 Å². The topological polar surface area (TPSA) is 58.6 Å². The number of carbonyl (C=O) groups is 2. The Hall–Kier alpha value is -2.92. The maximum Gasteiger partial charge on any atom is 0.270 e. The van der Waals surface area contributed by atoms with E-state index >= 15 is 0 Å². The fourth-order valence-electron chi connectivity index (χ4n) is 2.82. The molecule has 3 rings (SSSR count). The van der Waals surface area contributed by atoms with Gasteiger partial charge in [0.05, 0.1) is 13.2 Å². The van der Waals surface area contributed by atoms with Crippen LogP contribution in [0.2, 0.25) is 0 Å². The zero-order chi connectivity index (χ0) is 19.2. The van der Waals surface area contributed by atoms with Crippen molar-refractivity contribution in [2.75, 3.05) is 26.3 Å². The number of nitrogens with one attached hydrogen (secondary N) is 1. The number of rotatable bonds is 4. The van der Waals surface area contributed by atoms with Gasteiger partial charge in [0, 0.05) is 18.7 Å². The van der Waals surface area contributed by atoms with Crippen LogP contribution < -0.4 is 5.32 Å². The van der Waals surface area contributed by atoms with E-state index in [9.17, 15) is 9.59 Å². The number of amides is 2. The molecule has 1 heterocycles. The lowest BCUT2D eigenvalue weighted by Gasteiger charge is -2.27. The van der Waals surface area contributed by atoms with Crippen molar-refractivity contribution in [1.82, 2.24) is 10.2 Å². The third-order valence-electron chi connectivity index (χ3n) is 4.48. The lowest BCUT2D eigenvalue weighted by Crippen LogP contribution is -2.44. The highest BCUT2D eigenvalue weighted by molar-refractivity contribution is 6.05. The second-order valence-corrected chi connectivity index (χ2v) is 6.69. The van der Waals surface area contributed by atoms with Crippen LogP contribution in [0.15, 0.2) is 54.2 Å². The summed E-state index contributed by atoms with van der Waals surface area (Å²) in [6, 6.07) is 15.1. The minimum Gasteiger partial charge on any atom is -0.378 e. The van der Waals surface area contributed by atoms with Gasteiger partial charge in [-0.15, -0.1) is 0 Å². The highest BCUT2D eigenvalue weighted by Crippen LogP contribution is 2.12. The van der Waals surface area contributed by atoms with Gasteiger partial charge >= 0.3 is 0 Å². The van der Waals surface area contributed by atoms with Gasteiger partial charge in [-0.1, -0.05) is 47.5 Å². The molecule has 0 bridgehead atoms. The number of hydrogen-bond donors (Lipinski definition) is 1. The van der Waals surface area contributed by atoms with Crippen LogP contribution in [-0.2, 0) is 9.53 Å². The highest BCUT2D eigenvalue weighted by Gasteiger charge is 2.22. The average Bonchev–Trinajstić information content (AvgIpc) is 2.69. The van der Waals surface area contributed by atoms with E-state index in [0.717, 1.165) is 16.7 Å². The van der Waals surface area contributed by atoms with Crippen molar-refractivity contribution in [3.8, 4) is 0 Å². The van der Waals surface area contributed by atoms with Crippen LogP contribution in [0.3, 0.4) is 0 Å². The quantitative estimate of drug-likeness (QED) is 0.849. The molecule has 1 N–H and O–H groups in total. The van der Waals surface area contributed by atoms with Crippen LogP contribution in [0.25, 0.3) is 6.08 Å². The summed E-state index contributed by atoms with van der Waals surface area (Å²) in [5.41, 5.74) is 3.86. The first kappa shape index (κ1) is 18.9. The first-order valence-electron chi connectivity index (χ1n) is 9.06. The van der Waals surface area contributed by atoms with E-state index in [4.69, 9.17) is 4.74 Å². The number of aryl methyl sites for hydroxylation is 2. The number of nitrogens with zero attached hydrogens (tertiary/aromatic N) is 1. The maximum atomic E-state index is 13.0. The fraction of sp³-hybridized carbons (Fsp3) is 0.273. The zero-order valence-electron chi connectivity index (χ0n) is 15.7. The summed E-state index contributed by atoms with van der Waals surface area (Å²) in [5.74, 6) is -0.491. The molecule has 27 heavy (non-hydrogen) atoms. The summed E-state index contributed by atoms with van der Waals surface area (Å²) in [4.78, 5) is 27.3. The lowest BCUT2D eigenvalue weighted by molar-refractivity contribution is -0.131. The van der Waals surface area contributed by atoms with Crippen molar-refractivity contribution >= 4 is 17.9 Å². The van der Waals surface area contributed by atoms with Gasteiger partial charge in [0.1, 0.15) is 5.70 Å². The lowest BCUT2D eigenvalue weighted by atomic mass is 10.1. The van der Waals surface area contributed by atoms with Crippen molar-refractivity contribution in [3.05, 3.63) is 76.5 Å². The molecule has 0 spiro atoms. The normalized spacial score (nSPS) is 14.7. The van der Waals surface area contributed by atoms with Crippen LogP contribution in [0.1, 0.15) is 27.0 Å². The van der Waals surface area contributed by atoms with Gasteiger partial charge in [0.15, 0.2) is 0 Å². The van der Waals surface area contributed by atoms with Gasteiger partial charge in [0.2, 0.25) is 0 Å². The van der Waals surface area contributed by atoms with E-state index < -0.39 is 0 Å². The van der Waals surface area contributed by atoms with Gasteiger partial charge < -0.3 is 15.0 Å². The molecule has 2 aromatic carbocycles. The maximum absolute atomic E-state index is 13.0. The average molecular weight is 364 g/mol. The van der Waals surface area contributed by atoms with Crippen LogP contribution in [0.5, 0.6) is 0 Å². The number of hydrogen-bond acceptors (Lipinski definition) is 3. The Morgan fingerprint density at radius 3 is 2.07 bits per heavy atom. The second kappa shape index (κ2) is 8.64. The first-order chi connectivity index (χ1) is 13.0. The van der Waals surface area contributed by atoms with Gasteiger partial charge in [0.25, 0.3) is 11.8 Å². The van der Waals surface area contributed by atoms with Gasteiger partial charge in [-0.3, -0.25) is 9.59 Å². The van der Waals surface area contributed by atoms with E-state index in [0.29, 0.717) is 31.9 Å². The predicted octanol–water partition coefficient (Wildman–Crippen LogP) is 2.93. The van der Waals surface area contributed by atoms with Crippen LogP contribution in [0, 0.1) is 13.8 Å². The molecule has 0 radical (unpaired) electrons. The standard InChI is InChI=1S/C22H24N2O3/c1-16-3-7-18(8-4-16)15-20(22(26)24-11-13-27-14-12-24)23-21(25)19-9-5-17(2)6-10-19/h3-10,15H,11-14H2,1-2H3,(H,23,25). The summed E-state index contributed by atoms with van der Waals surface area (Å²) in [7, 11) is 0. The summed E-state index contributed by atoms with van der Waals surface area (Å²) in [6.45, 7) is 6.03. The molecule has 0 atom stereocenters. The SMILES string of the molecule is Cc1ccc(C=C(NC(=O)c2ccc(C)cc2)C(=O)N2CCOCC2)cc1. The van der Waals surface area contributed by atoms with Gasteiger partial charge in [-0.2, -0.15) is 0 Å². The molecule has 5 nitrogen and oxygen atoms in total. The van der Waals surface area contributed by atoms with Gasteiger partial charge in [-0.25, -0.2) is 0 Å². The molecular formula is C22H24N2O3. The minimum atomic E-state index is -0.296. The molecule has 0 aromatic heterocycles. The second-order valence-electron chi connectivity index (χ2n) is 6.69. The van der Waals surface area contributed by atoms with E-state index in [1.165, 1.54) is 0 Å². The molecule has 2 amide bonds. The molecule has 0 saturated carbocycles. The molecule has 0 aliphatic carbocycles. The highest BCUT2D eigenvalue weighted by atomic mass is 16.5. The number of morpholine rings is 1. The number of carbonyl (C=O) groups excluding carboxylic acids is 2. The molecular weight excluding hydrogens is 340 g/mol. The first-order valence-corrected chi connectivity index (χ1v) is 9.06. The minimum absolute atomic E-state index is 0.195. The molecule has 2 aromatic rings. The number of benzene rings is 2. The molecule has 1 fully saturated rings. The summed E-state index contributed by atoms with van der Waals surface area (Å²) >= 11 is 0. The fourth-order valence-corrected chi connectivity index (χ4v) is 2.82. The summed E-state index contributed by atoms with van der Waals surface area (Å²) in [5, 5.41) is 2.80. The third-order valence-corrected chi connectivity index (χ3v) is 4.48. The molecule has 1 saturated heterocycles. The molecule has 1 aliphatic rings. The largest absolute Gasteiger partial charge is 0.378 e. The Labute approximate surface area is 159 Å². The van der Waals surface area contributed by atoms with Crippen molar-refractivity contribution < 1.29 is 14.3 Å². The Kier molecular flexibility index (Phi) is 6.04. The van der Waals surface area contributed by atoms with Gasteiger partial charge in [-0.05, 0) is 37.6 Å². The van der Waals surface area contributed by atoms with Crippen LogP contribution in [-0.4, -0.2) is 43.0 Å². The Morgan fingerprint density at radius 2 is 1.48 bits per heavy atom. The zero-order valence-corrected chi connectivity index (χ0v) is 15.7. The van der Waals surface area contributed by atoms with Crippen LogP contribution >= 0.6 is 0 Å². The molecule has 5 heteroatoms. The summed E-state index contributed by atoms with van der Waals surface area (Å²) < 4.78 is 5.32. The Balaban J connectivity index is 1.86. The summed E-state index contributed by atoms with van der Waals surface area (Å²) in [6.07, 6.45) is 1.73. The van der Waals surface area contributed by atoms with Crippen molar-refractivity contribution in [3.63, 3.8) is 0 Å². The Bertz CT molecular complexity index is 833. The van der Waals surface area contributed by atoms with E-state index in [1.54, 1.807) is 23.1 Å². The molecule has 0 unspecified atom stereocenters. The third kappa shape index (κ3) is 5.05. The molecule has 140 valence electrons. The van der Waals surface area contributed by atoms with Crippen molar-refractivity contribution in [2.24, 2.45) is 0 Å². The van der Waals surface area contributed by atoms with Crippen LogP contribution in [0.4, 0.5) is 0 Å². The predicted molar refractivity (Wildman–Crippen MR) is 105 cm³/mol. The number of ether oxygens (including phenoxy) is 1. The smallest absolute Gasteiger partial charge is 0.270 e. The van der Waals surface area contributed by atoms with E-state index in [-0.39, 0.29) is 17.5 Å². The van der Waals surface area contributed by atoms with Crippen molar-refractivity contribution in [1.29, 1.82) is 0 Å². The monoisotopic (exact) mass is 364 g/mol.